The molecule has 3 aromatic rings. The van der Waals surface area contributed by atoms with E-state index in [2.05, 4.69) is 20.9 Å². The summed E-state index contributed by atoms with van der Waals surface area (Å²) < 4.78 is 1.34. The molecule has 3 heterocycles. The number of carbonyl (C=O) groups excluding carboxylic acids is 5. The maximum atomic E-state index is 13.1. The summed E-state index contributed by atoms with van der Waals surface area (Å²) in [6, 6.07) is 10.4. The molecular weight excluding hydrogens is 454 g/mol. The van der Waals surface area contributed by atoms with Crippen LogP contribution in [0.3, 0.4) is 0 Å². The van der Waals surface area contributed by atoms with E-state index >= 15 is 0 Å². The SMILES string of the molecule is Nc1ccc(-c2cn(CC(=O)Nc3cccc4c3C(=O)N(C3CCC(=O)NC3=O)C4=O)nn2)cc1. The number of nitrogens with two attached hydrogens (primary N) is 1. The average Bonchev–Trinajstić information content (AvgIpc) is 3.38. The van der Waals surface area contributed by atoms with Gasteiger partial charge in [-0.2, -0.15) is 0 Å². The van der Waals surface area contributed by atoms with Crippen LogP contribution >= 0.6 is 0 Å². The van der Waals surface area contributed by atoms with Crippen LogP contribution in [-0.2, 0) is 20.9 Å². The summed E-state index contributed by atoms with van der Waals surface area (Å²) in [6.45, 7) is -0.190. The fraction of sp³-hybridized carbons (Fsp3) is 0.174. The van der Waals surface area contributed by atoms with E-state index in [0.29, 0.717) is 11.4 Å². The molecule has 0 bridgehead atoms. The molecule has 1 atom stereocenters. The molecule has 4 N–H and O–H groups in total. The first kappa shape index (κ1) is 21.9. The number of nitrogens with zero attached hydrogens (tertiary/aromatic N) is 4. The topological polar surface area (TPSA) is 169 Å². The Hall–Kier alpha value is -4.87. The van der Waals surface area contributed by atoms with Gasteiger partial charge in [0, 0.05) is 17.7 Å². The lowest BCUT2D eigenvalue weighted by Gasteiger charge is -2.27. The third-order valence-corrected chi connectivity index (χ3v) is 5.79. The van der Waals surface area contributed by atoms with Gasteiger partial charge in [-0.3, -0.25) is 34.2 Å². The second-order valence-corrected chi connectivity index (χ2v) is 8.15. The first-order valence-electron chi connectivity index (χ1n) is 10.7. The van der Waals surface area contributed by atoms with Crippen molar-refractivity contribution < 1.29 is 24.0 Å². The molecule has 1 unspecified atom stereocenters. The number of piperidine rings is 1. The number of benzene rings is 2. The summed E-state index contributed by atoms with van der Waals surface area (Å²) in [4.78, 5) is 63.3. The van der Waals surface area contributed by atoms with E-state index in [1.54, 1.807) is 30.5 Å². The Morgan fingerprint density at radius 1 is 1.09 bits per heavy atom. The van der Waals surface area contributed by atoms with Crippen molar-refractivity contribution in [2.24, 2.45) is 0 Å². The van der Waals surface area contributed by atoms with E-state index < -0.39 is 35.6 Å². The molecule has 1 fully saturated rings. The Morgan fingerprint density at radius 3 is 2.60 bits per heavy atom. The zero-order valence-electron chi connectivity index (χ0n) is 18.2. The van der Waals surface area contributed by atoms with Gasteiger partial charge in [-0.1, -0.05) is 23.4 Å². The van der Waals surface area contributed by atoms with E-state index in [0.717, 1.165) is 10.5 Å². The van der Waals surface area contributed by atoms with Crippen LogP contribution in [0.2, 0.25) is 0 Å². The minimum absolute atomic E-state index is 0.00305. The van der Waals surface area contributed by atoms with E-state index in [1.807, 2.05) is 0 Å². The third kappa shape index (κ3) is 4.01. The Balaban J connectivity index is 1.33. The molecule has 2 aliphatic heterocycles. The molecule has 0 spiro atoms. The van der Waals surface area contributed by atoms with Crippen LogP contribution in [0.4, 0.5) is 11.4 Å². The molecule has 1 aromatic heterocycles. The molecule has 0 saturated carbocycles. The fourth-order valence-corrected chi connectivity index (χ4v) is 4.12. The minimum Gasteiger partial charge on any atom is -0.399 e. The monoisotopic (exact) mass is 473 g/mol. The van der Waals surface area contributed by atoms with Crippen LogP contribution in [0.25, 0.3) is 11.3 Å². The molecule has 2 aliphatic rings. The van der Waals surface area contributed by atoms with Crippen molar-refractivity contribution in [2.75, 3.05) is 11.1 Å². The normalized spacial score (nSPS) is 17.4. The van der Waals surface area contributed by atoms with E-state index in [1.165, 1.54) is 22.9 Å². The highest BCUT2D eigenvalue weighted by molar-refractivity contribution is 6.26. The lowest BCUT2D eigenvalue weighted by Crippen LogP contribution is -2.54. The van der Waals surface area contributed by atoms with Gasteiger partial charge in [0.2, 0.25) is 17.7 Å². The van der Waals surface area contributed by atoms with Crippen LogP contribution in [0, 0.1) is 0 Å². The molecule has 35 heavy (non-hydrogen) atoms. The van der Waals surface area contributed by atoms with Crippen LogP contribution in [-0.4, -0.2) is 55.5 Å². The highest BCUT2D eigenvalue weighted by atomic mass is 16.2. The number of amides is 5. The standard InChI is InChI=1S/C23H19N7O5/c24-13-6-4-12(5-7-13)16-10-29(28-27-16)11-19(32)25-15-3-1-2-14-20(15)23(35)30(22(14)34)17-8-9-18(31)26-21(17)33/h1-7,10,17H,8-9,11,24H2,(H,25,32)(H,26,31,33). The summed E-state index contributed by atoms with van der Waals surface area (Å²) in [7, 11) is 0. The summed E-state index contributed by atoms with van der Waals surface area (Å²) >= 11 is 0. The van der Waals surface area contributed by atoms with Crippen molar-refractivity contribution in [1.29, 1.82) is 0 Å². The predicted octanol–water partition coefficient (Wildman–Crippen LogP) is 0.567. The van der Waals surface area contributed by atoms with Crippen molar-refractivity contribution >= 4 is 40.9 Å². The number of anilines is 2. The van der Waals surface area contributed by atoms with Gasteiger partial charge < -0.3 is 11.1 Å². The maximum Gasteiger partial charge on any atom is 0.264 e. The van der Waals surface area contributed by atoms with Crippen LogP contribution in [0.1, 0.15) is 33.6 Å². The van der Waals surface area contributed by atoms with Crippen molar-refractivity contribution in [2.45, 2.75) is 25.4 Å². The zero-order valence-corrected chi connectivity index (χ0v) is 18.2. The number of hydrogen-bond acceptors (Lipinski definition) is 8. The lowest BCUT2D eigenvalue weighted by molar-refractivity contribution is -0.136. The molecule has 1 saturated heterocycles. The van der Waals surface area contributed by atoms with Crippen molar-refractivity contribution in [1.82, 2.24) is 25.2 Å². The Kier molecular flexibility index (Phi) is 5.32. The molecule has 0 aliphatic carbocycles. The number of aromatic nitrogens is 3. The molecule has 5 rings (SSSR count). The Morgan fingerprint density at radius 2 is 1.86 bits per heavy atom. The number of carbonyl (C=O) groups is 5. The number of hydrogen-bond donors (Lipinski definition) is 3. The highest BCUT2D eigenvalue weighted by Gasteiger charge is 2.45. The van der Waals surface area contributed by atoms with Gasteiger partial charge in [0.15, 0.2) is 0 Å². The quantitative estimate of drug-likeness (QED) is 0.357. The predicted molar refractivity (Wildman–Crippen MR) is 122 cm³/mol. The number of imide groups is 2. The number of nitrogen functional groups attached to an aromatic ring is 1. The summed E-state index contributed by atoms with van der Waals surface area (Å²) in [5.74, 6) is -3.01. The van der Waals surface area contributed by atoms with Crippen molar-refractivity contribution in [3.8, 4) is 11.3 Å². The number of rotatable bonds is 5. The highest BCUT2D eigenvalue weighted by Crippen LogP contribution is 2.32. The van der Waals surface area contributed by atoms with Crippen LogP contribution < -0.4 is 16.4 Å². The molecule has 12 heteroatoms. The summed E-state index contributed by atoms with van der Waals surface area (Å²) in [5.41, 5.74) is 7.85. The van der Waals surface area contributed by atoms with E-state index in [9.17, 15) is 24.0 Å². The maximum absolute atomic E-state index is 13.1. The lowest BCUT2D eigenvalue weighted by atomic mass is 10.0. The van der Waals surface area contributed by atoms with Gasteiger partial charge in [0.25, 0.3) is 11.8 Å². The zero-order chi connectivity index (χ0) is 24.7. The first-order chi connectivity index (χ1) is 16.8. The molecule has 176 valence electrons. The largest absolute Gasteiger partial charge is 0.399 e. The van der Waals surface area contributed by atoms with Gasteiger partial charge >= 0.3 is 0 Å². The summed E-state index contributed by atoms with van der Waals surface area (Å²) in [6.07, 6.45) is 1.66. The van der Waals surface area contributed by atoms with Crippen molar-refractivity contribution in [3.05, 3.63) is 59.8 Å². The second-order valence-electron chi connectivity index (χ2n) is 8.15. The molecule has 5 amide bonds. The molecule has 2 aromatic carbocycles. The summed E-state index contributed by atoms with van der Waals surface area (Å²) in [5, 5.41) is 12.8. The molecule has 12 nitrogen and oxygen atoms in total. The second kappa shape index (κ2) is 8.48. The smallest absolute Gasteiger partial charge is 0.264 e. The van der Waals surface area contributed by atoms with Crippen LogP contribution in [0.5, 0.6) is 0 Å². The molecular formula is C23H19N7O5. The molecule has 0 radical (unpaired) electrons. The van der Waals surface area contributed by atoms with Gasteiger partial charge in [-0.15, -0.1) is 5.10 Å². The number of fused-ring (bicyclic) bond motifs is 1. The number of nitrogens with one attached hydrogen (secondary N) is 2. The first-order valence-corrected chi connectivity index (χ1v) is 10.7. The van der Waals surface area contributed by atoms with Gasteiger partial charge in [0.1, 0.15) is 18.3 Å². The minimum atomic E-state index is -1.09. The third-order valence-electron chi connectivity index (χ3n) is 5.79. The van der Waals surface area contributed by atoms with Crippen molar-refractivity contribution in [3.63, 3.8) is 0 Å². The van der Waals surface area contributed by atoms with Gasteiger partial charge in [-0.25, -0.2) is 4.68 Å². The average molecular weight is 473 g/mol. The van der Waals surface area contributed by atoms with Gasteiger partial charge in [0.05, 0.1) is 23.0 Å². The van der Waals surface area contributed by atoms with E-state index in [-0.39, 0.29) is 36.2 Å². The Labute approximate surface area is 198 Å². The van der Waals surface area contributed by atoms with Crippen LogP contribution in [0.15, 0.2) is 48.7 Å². The Bertz CT molecular complexity index is 1400. The van der Waals surface area contributed by atoms with E-state index in [4.69, 9.17) is 5.73 Å². The van der Waals surface area contributed by atoms with Gasteiger partial charge in [-0.05, 0) is 30.7 Å². The fourth-order valence-electron chi connectivity index (χ4n) is 4.12.